The zero-order chi connectivity index (χ0) is 19.0. The molecule has 1 N–H and O–H groups in total. The molecule has 9 heteroatoms. The zero-order valence-corrected chi connectivity index (χ0v) is 15.0. The van der Waals surface area contributed by atoms with E-state index >= 15 is 0 Å². The summed E-state index contributed by atoms with van der Waals surface area (Å²) in [7, 11) is 1.91. The number of thiophene rings is 1. The van der Waals surface area contributed by atoms with Crippen LogP contribution in [0.25, 0.3) is 20.8 Å². The fourth-order valence-electron chi connectivity index (χ4n) is 2.73. The largest absolute Gasteiger partial charge is 0.380 e. The topological polar surface area (TPSA) is 85.9 Å². The predicted molar refractivity (Wildman–Crippen MR) is 102 cm³/mol. The van der Waals surface area contributed by atoms with Gasteiger partial charge in [0.1, 0.15) is 5.82 Å². The van der Waals surface area contributed by atoms with Crippen molar-refractivity contribution in [3.63, 3.8) is 0 Å². The third kappa shape index (κ3) is 3.36. The number of rotatable bonds is 5. The number of benzene rings is 1. The van der Waals surface area contributed by atoms with Gasteiger partial charge in [0.2, 0.25) is 0 Å². The van der Waals surface area contributed by atoms with Gasteiger partial charge in [0.25, 0.3) is 5.69 Å². The molecule has 0 aliphatic heterocycles. The third-order valence-corrected chi connectivity index (χ3v) is 5.27. The van der Waals surface area contributed by atoms with Crippen molar-refractivity contribution >= 4 is 32.9 Å². The molecule has 0 aliphatic rings. The number of halogens is 1. The van der Waals surface area contributed by atoms with Gasteiger partial charge >= 0.3 is 0 Å². The quantitative estimate of drug-likeness (QED) is 0.409. The number of hydrogen-bond acceptors (Lipinski definition) is 6. The zero-order valence-electron chi connectivity index (χ0n) is 14.2. The maximum atomic E-state index is 14.1. The molecule has 4 aromatic rings. The van der Waals surface area contributed by atoms with Crippen LogP contribution < -0.4 is 5.32 Å². The number of nitro benzene ring substituents is 1. The Labute approximate surface area is 157 Å². The fourth-order valence-corrected chi connectivity index (χ4v) is 3.79. The van der Waals surface area contributed by atoms with Crippen LogP contribution in [0.2, 0.25) is 0 Å². The van der Waals surface area contributed by atoms with Crippen LogP contribution in [0.4, 0.5) is 15.8 Å². The Morgan fingerprint density at radius 2 is 2.15 bits per heavy atom. The Hall–Kier alpha value is -3.33. The van der Waals surface area contributed by atoms with Gasteiger partial charge in [-0.1, -0.05) is 0 Å². The van der Waals surface area contributed by atoms with E-state index in [4.69, 9.17) is 0 Å². The first-order valence-corrected chi connectivity index (χ1v) is 8.86. The fraction of sp³-hybridized carbons (Fsp3) is 0.111. The van der Waals surface area contributed by atoms with Gasteiger partial charge in [-0.05, 0) is 18.2 Å². The highest BCUT2D eigenvalue weighted by molar-refractivity contribution is 7.22. The Bertz CT molecular complexity index is 1150. The molecule has 0 bridgehead atoms. The molecule has 0 radical (unpaired) electrons. The van der Waals surface area contributed by atoms with Crippen LogP contribution >= 0.6 is 11.3 Å². The second kappa shape index (κ2) is 6.76. The predicted octanol–water partition coefficient (Wildman–Crippen LogP) is 4.36. The van der Waals surface area contributed by atoms with Gasteiger partial charge in [0.15, 0.2) is 0 Å². The second-order valence-corrected chi connectivity index (χ2v) is 7.05. The Kier molecular flexibility index (Phi) is 4.28. The summed E-state index contributed by atoms with van der Waals surface area (Å²) >= 11 is 1.55. The van der Waals surface area contributed by atoms with Crippen molar-refractivity contribution in [3.8, 4) is 10.6 Å². The molecule has 0 aliphatic carbocycles. The molecule has 3 heterocycles. The van der Waals surface area contributed by atoms with Gasteiger partial charge in [-0.25, -0.2) is 9.37 Å². The number of anilines is 1. The van der Waals surface area contributed by atoms with Crippen molar-refractivity contribution < 1.29 is 9.31 Å². The number of nitrogens with one attached hydrogen (secondary N) is 1. The number of imidazole rings is 1. The van der Waals surface area contributed by atoms with E-state index < -0.39 is 10.7 Å². The molecule has 7 nitrogen and oxygen atoms in total. The first kappa shape index (κ1) is 17.1. The molecule has 3 aromatic heterocycles. The minimum atomic E-state index is -0.614. The Morgan fingerprint density at radius 3 is 2.85 bits per heavy atom. The summed E-state index contributed by atoms with van der Waals surface area (Å²) in [6.45, 7) is 0.208. The lowest BCUT2D eigenvalue weighted by Crippen LogP contribution is -2.02. The average molecular weight is 383 g/mol. The molecule has 0 spiro atoms. The molecule has 0 unspecified atom stereocenters. The highest BCUT2D eigenvalue weighted by Crippen LogP contribution is 2.36. The molecule has 0 fully saturated rings. The van der Waals surface area contributed by atoms with Crippen LogP contribution in [0.15, 0.2) is 49.1 Å². The molecule has 1 aromatic carbocycles. The van der Waals surface area contributed by atoms with Gasteiger partial charge in [0.05, 0.1) is 43.8 Å². The van der Waals surface area contributed by atoms with E-state index in [1.165, 1.54) is 12.1 Å². The molecule has 0 saturated heterocycles. The summed E-state index contributed by atoms with van der Waals surface area (Å²) in [5, 5.41) is 13.9. The van der Waals surface area contributed by atoms with Gasteiger partial charge in [-0.2, -0.15) is 0 Å². The summed E-state index contributed by atoms with van der Waals surface area (Å²) in [5.41, 5.74) is 2.61. The van der Waals surface area contributed by atoms with Crippen LogP contribution in [-0.2, 0) is 13.6 Å². The van der Waals surface area contributed by atoms with Crippen LogP contribution in [0.1, 0.15) is 5.56 Å². The van der Waals surface area contributed by atoms with Gasteiger partial charge in [0, 0.05) is 37.6 Å². The summed E-state index contributed by atoms with van der Waals surface area (Å²) < 4.78 is 16.9. The highest BCUT2D eigenvalue weighted by atomic mass is 32.1. The second-order valence-electron chi connectivity index (χ2n) is 5.99. The molecular formula is C18H14FN5O2S. The lowest BCUT2D eigenvalue weighted by atomic mass is 10.2. The average Bonchev–Trinajstić information content (AvgIpc) is 3.26. The number of fused-ring (bicyclic) bond motifs is 1. The molecule has 0 atom stereocenters. The van der Waals surface area contributed by atoms with Gasteiger partial charge in [-0.15, -0.1) is 11.3 Å². The molecule has 0 amide bonds. The maximum Gasteiger partial charge on any atom is 0.272 e. The number of non-ortho nitro benzene ring substituents is 1. The summed E-state index contributed by atoms with van der Waals surface area (Å²) in [6, 6.07) is 7.45. The van der Waals surface area contributed by atoms with Crippen molar-refractivity contribution in [2.45, 2.75) is 6.54 Å². The van der Waals surface area contributed by atoms with Crippen LogP contribution in [0.3, 0.4) is 0 Å². The van der Waals surface area contributed by atoms with Crippen molar-refractivity contribution in [2.24, 2.45) is 7.05 Å². The number of aromatic nitrogens is 3. The standard InChI is InChI=1S/C18H14FN5O2S/c1-23-9-16(22-10-23)17-7-15-18(27-17)14(4-5-20-15)21-8-11-2-3-12(24(25)26)6-13(11)19/h2-7,9-10H,8H2,1H3,(H,20,21). The van der Waals surface area contributed by atoms with E-state index in [0.29, 0.717) is 5.56 Å². The summed E-state index contributed by atoms with van der Waals surface area (Å²) in [5.74, 6) is -0.609. The molecule has 136 valence electrons. The first-order valence-electron chi connectivity index (χ1n) is 8.05. The van der Waals surface area contributed by atoms with Gasteiger partial charge in [-0.3, -0.25) is 15.1 Å². The molecular weight excluding hydrogens is 369 g/mol. The minimum absolute atomic E-state index is 0.208. The minimum Gasteiger partial charge on any atom is -0.380 e. The summed E-state index contributed by atoms with van der Waals surface area (Å²) in [4.78, 5) is 19.8. The molecule has 0 saturated carbocycles. The smallest absolute Gasteiger partial charge is 0.272 e. The lowest BCUT2D eigenvalue weighted by Gasteiger charge is -2.08. The van der Waals surface area contributed by atoms with E-state index in [2.05, 4.69) is 15.3 Å². The Balaban J connectivity index is 1.61. The molecule has 4 rings (SSSR count). The van der Waals surface area contributed by atoms with Crippen LogP contribution in [-0.4, -0.2) is 19.5 Å². The number of aryl methyl sites for hydroxylation is 1. The number of hydrogen-bond donors (Lipinski definition) is 1. The van der Waals surface area contributed by atoms with Crippen molar-refractivity contribution in [3.05, 3.63) is 70.5 Å². The van der Waals surface area contributed by atoms with Crippen molar-refractivity contribution in [1.82, 2.24) is 14.5 Å². The number of nitrogens with zero attached hydrogens (tertiary/aromatic N) is 4. The lowest BCUT2D eigenvalue weighted by molar-refractivity contribution is -0.385. The first-order chi connectivity index (χ1) is 13.0. The maximum absolute atomic E-state index is 14.1. The van der Waals surface area contributed by atoms with E-state index in [0.717, 1.165) is 32.5 Å². The van der Waals surface area contributed by atoms with E-state index in [1.807, 2.05) is 29.9 Å². The third-order valence-electron chi connectivity index (χ3n) is 4.09. The van der Waals surface area contributed by atoms with Crippen molar-refractivity contribution in [2.75, 3.05) is 5.32 Å². The SMILES string of the molecule is Cn1cnc(-c2cc3nccc(NCc4ccc([N+](=O)[O-])cc4F)c3s2)c1. The van der Waals surface area contributed by atoms with Crippen LogP contribution in [0.5, 0.6) is 0 Å². The van der Waals surface area contributed by atoms with E-state index in [1.54, 1.807) is 23.9 Å². The van der Waals surface area contributed by atoms with Gasteiger partial charge < -0.3 is 9.88 Å². The van der Waals surface area contributed by atoms with E-state index in [-0.39, 0.29) is 12.2 Å². The molecule has 27 heavy (non-hydrogen) atoms. The number of pyridine rings is 1. The highest BCUT2D eigenvalue weighted by Gasteiger charge is 2.13. The number of nitro groups is 1. The summed E-state index contributed by atoms with van der Waals surface area (Å²) in [6.07, 6.45) is 5.36. The van der Waals surface area contributed by atoms with Crippen LogP contribution in [0, 0.1) is 15.9 Å². The monoisotopic (exact) mass is 383 g/mol. The van der Waals surface area contributed by atoms with E-state index in [9.17, 15) is 14.5 Å². The van der Waals surface area contributed by atoms with Crippen molar-refractivity contribution in [1.29, 1.82) is 0 Å². The Morgan fingerprint density at radius 1 is 1.30 bits per heavy atom. The normalized spacial score (nSPS) is 11.0.